The number of nitrogens with two attached hydrogens (primary N) is 1. The van der Waals surface area contributed by atoms with E-state index in [2.05, 4.69) is 0 Å². The number of carboxylic acid groups (broad SMARTS) is 1. The number of aliphatic hydroxyl groups is 1. The Bertz CT molecular complexity index is 403. The van der Waals surface area contributed by atoms with Gasteiger partial charge in [0.05, 0.1) is 4.92 Å². The number of nitrogens with zero attached hydrogens (tertiary/aromatic N) is 1. The lowest BCUT2D eigenvalue weighted by Crippen LogP contribution is -2.36. The summed E-state index contributed by atoms with van der Waals surface area (Å²) >= 11 is 0. The molecule has 1 aromatic rings. The maximum absolute atomic E-state index is 10.5. The van der Waals surface area contributed by atoms with Gasteiger partial charge in [-0.3, -0.25) is 14.9 Å². The minimum absolute atomic E-state index is 0.139. The Kier molecular flexibility index (Phi) is 3.54. The number of carboxylic acids is 1. The molecule has 0 aliphatic carbocycles. The molecule has 7 heteroatoms. The van der Waals surface area contributed by atoms with Crippen LogP contribution in [0.3, 0.4) is 0 Å². The molecule has 2 atom stereocenters. The molecule has 0 saturated heterocycles. The molecule has 1 unspecified atom stereocenters. The number of nitro benzene ring substituents is 1. The van der Waals surface area contributed by atoms with Crippen LogP contribution in [-0.4, -0.2) is 27.1 Å². The van der Waals surface area contributed by atoms with Crippen molar-refractivity contribution < 1.29 is 19.9 Å². The number of aliphatic hydroxyl groups excluding tert-OH is 1. The smallest absolute Gasteiger partial charge is 0.323 e. The number of aliphatic carboxylic acids is 1. The molecule has 0 aliphatic heterocycles. The highest BCUT2D eigenvalue weighted by Crippen LogP contribution is 2.19. The molecule has 0 aliphatic rings. The van der Waals surface area contributed by atoms with E-state index in [0.29, 0.717) is 0 Å². The van der Waals surface area contributed by atoms with Crippen LogP contribution in [0.15, 0.2) is 24.3 Å². The molecule has 16 heavy (non-hydrogen) atoms. The molecule has 1 rings (SSSR count). The molecule has 0 fully saturated rings. The first kappa shape index (κ1) is 12.1. The van der Waals surface area contributed by atoms with E-state index in [1.165, 1.54) is 24.3 Å². The highest BCUT2D eigenvalue weighted by Gasteiger charge is 2.23. The van der Waals surface area contributed by atoms with Gasteiger partial charge in [0.1, 0.15) is 12.1 Å². The average molecular weight is 226 g/mol. The molecule has 7 nitrogen and oxygen atoms in total. The predicted molar refractivity (Wildman–Crippen MR) is 53.7 cm³/mol. The zero-order valence-electron chi connectivity index (χ0n) is 8.11. The van der Waals surface area contributed by atoms with Crippen molar-refractivity contribution in [3.8, 4) is 0 Å². The summed E-state index contributed by atoms with van der Waals surface area (Å²) in [4.78, 5) is 20.3. The van der Waals surface area contributed by atoms with E-state index in [1.807, 2.05) is 0 Å². The van der Waals surface area contributed by atoms with Gasteiger partial charge in [0.15, 0.2) is 0 Å². The third-order valence-corrected chi connectivity index (χ3v) is 2.07. The Morgan fingerprint density at radius 3 is 2.25 bits per heavy atom. The third kappa shape index (κ3) is 2.53. The number of nitro groups is 1. The third-order valence-electron chi connectivity index (χ3n) is 2.07. The molecule has 0 amide bonds. The number of rotatable bonds is 4. The minimum atomic E-state index is -1.46. The van der Waals surface area contributed by atoms with Gasteiger partial charge in [0, 0.05) is 12.1 Å². The van der Waals surface area contributed by atoms with Gasteiger partial charge in [0.2, 0.25) is 0 Å². The van der Waals surface area contributed by atoms with Crippen LogP contribution in [0, 0.1) is 10.1 Å². The highest BCUT2D eigenvalue weighted by atomic mass is 16.6. The second-order valence-electron chi connectivity index (χ2n) is 3.16. The minimum Gasteiger partial charge on any atom is -0.480 e. The molecule has 0 saturated carbocycles. The fourth-order valence-corrected chi connectivity index (χ4v) is 1.14. The lowest BCUT2D eigenvalue weighted by atomic mass is 10.0. The molecular formula is C9H10N2O5. The van der Waals surface area contributed by atoms with E-state index in [0.717, 1.165) is 0 Å². The van der Waals surface area contributed by atoms with Crippen LogP contribution in [0.1, 0.15) is 11.7 Å². The van der Waals surface area contributed by atoms with Crippen molar-refractivity contribution in [3.63, 3.8) is 0 Å². The van der Waals surface area contributed by atoms with Gasteiger partial charge >= 0.3 is 5.97 Å². The van der Waals surface area contributed by atoms with E-state index in [9.17, 15) is 20.0 Å². The van der Waals surface area contributed by atoms with Crippen molar-refractivity contribution in [3.05, 3.63) is 39.9 Å². The summed E-state index contributed by atoms with van der Waals surface area (Å²) in [6, 6.07) is 3.43. The van der Waals surface area contributed by atoms with Crippen LogP contribution in [-0.2, 0) is 4.79 Å². The first-order chi connectivity index (χ1) is 7.43. The molecular weight excluding hydrogens is 216 g/mol. The summed E-state index contributed by atoms with van der Waals surface area (Å²) in [6.45, 7) is 0. The monoisotopic (exact) mass is 226 g/mol. The average Bonchev–Trinajstić information content (AvgIpc) is 2.27. The molecule has 0 bridgehead atoms. The van der Waals surface area contributed by atoms with Crippen LogP contribution >= 0.6 is 0 Å². The quantitative estimate of drug-likeness (QED) is 0.491. The van der Waals surface area contributed by atoms with E-state index in [1.54, 1.807) is 0 Å². The largest absolute Gasteiger partial charge is 0.480 e. The molecule has 86 valence electrons. The van der Waals surface area contributed by atoms with Crippen molar-refractivity contribution in [1.29, 1.82) is 0 Å². The SMILES string of the molecule is N[C@H](C(=O)O)C(O)c1ccc([N+](=O)[O-])cc1. The van der Waals surface area contributed by atoms with Gasteiger partial charge < -0.3 is 15.9 Å². The Morgan fingerprint density at radius 1 is 1.38 bits per heavy atom. The Labute approximate surface area is 90.3 Å². The second-order valence-corrected chi connectivity index (χ2v) is 3.16. The Hall–Kier alpha value is -1.99. The topological polar surface area (TPSA) is 127 Å². The van der Waals surface area contributed by atoms with Gasteiger partial charge in [-0.05, 0) is 17.7 Å². The summed E-state index contributed by atoms with van der Waals surface area (Å²) in [5.41, 5.74) is 5.29. The molecule has 0 spiro atoms. The van der Waals surface area contributed by atoms with Gasteiger partial charge in [-0.2, -0.15) is 0 Å². The zero-order chi connectivity index (χ0) is 12.3. The first-order valence-corrected chi connectivity index (χ1v) is 4.34. The number of hydrogen-bond acceptors (Lipinski definition) is 5. The van der Waals surface area contributed by atoms with E-state index in [-0.39, 0.29) is 11.3 Å². The lowest BCUT2D eigenvalue weighted by molar-refractivity contribution is -0.384. The molecule has 0 aromatic heterocycles. The van der Waals surface area contributed by atoms with Crippen molar-refractivity contribution in [2.75, 3.05) is 0 Å². The number of non-ortho nitro benzene ring substituents is 1. The van der Waals surface area contributed by atoms with Crippen molar-refractivity contribution in [2.24, 2.45) is 5.73 Å². The molecule has 0 heterocycles. The van der Waals surface area contributed by atoms with Gasteiger partial charge in [-0.25, -0.2) is 0 Å². The molecule has 4 N–H and O–H groups in total. The van der Waals surface area contributed by atoms with Crippen LogP contribution in [0.4, 0.5) is 5.69 Å². The Morgan fingerprint density at radius 2 is 1.88 bits per heavy atom. The lowest BCUT2D eigenvalue weighted by Gasteiger charge is -2.14. The molecule has 0 radical (unpaired) electrons. The van der Waals surface area contributed by atoms with Crippen molar-refractivity contribution in [1.82, 2.24) is 0 Å². The number of carbonyl (C=O) groups is 1. The fourth-order valence-electron chi connectivity index (χ4n) is 1.14. The molecule has 1 aromatic carbocycles. The van der Waals surface area contributed by atoms with E-state index >= 15 is 0 Å². The van der Waals surface area contributed by atoms with Crippen molar-refractivity contribution >= 4 is 11.7 Å². The van der Waals surface area contributed by atoms with Gasteiger partial charge in [-0.1, -0.05) is 0 Å². The van der Waals surface area contributed by atoms with Crippen LogP contribution in [0.5, 0.6) is 0 Å². The van der Waals surface area contributed by atoms with Crippen LogP contribution < -0.4 is 5.73 Å². The van der Waals surface area contributed by atoms with Gasteiger partial charge in [0.25, 0.3) is 5.69 Å². The normalized spacial score (nSPS) is 14.1. The van der Waals surface area contributed by atoms with Crippen LogP contribution in [0.2, 0.25) is 0 Å². The second kappa shape index (κ2) is 4.69. The van der Waals surface area contributed by atoms with E-state index < -0.39 is 23.0 Å². The number of hydrogen-bond donors (Lipinski definition) is 3. The fraction of sp³-hybridized carbons (Fsp3) is 0.222. The first-order valence-electron chi connectivity index (χ1n) is 4.34. The summed E-state index contributed by atoms with van der Waals surface area (Å²) in [7, 11) is 0. The highest BCUT2D eigenvalue weighted by molar-refractivity contribution is 5.74. The van der Waals surface area contributed by atoms with E-state index in [4.69, 9.17) is 10.8 Å². The summed E-state index contributed by atoms with van der Waals surface area (Å²) in [5.74, 6) is -1.34. The maximum Gasteiger partial charge on any atom is 0.323 e. The predicted octanol–water partition coefficient (Wildman–Crippen LogP) is 0.0401. The number of benzene rings is 1. The zero-order valence-corrected chi connectivity index (χ0v) is 8.11. The maximum atomic E-state index is 10.5. The van der Waals surface area contributed by atoms with Gasteiger partial charge in [-0.15, -0.1) is 0 Å². The standard InChI is InChI=1S/C9H10N2O5/c10-7(9(13)14)8(12)5-1-3-6(4-2-5)11(15)16/h1-4,7-8,12H,10H2,(H,13,14)/t7-,8?/m0/s1. The van der Waals surface area contributed by atoms with Crippen LogP contribution in [0.25, 0.3) is 0 Å². The summed E-state index contributed by atoms with van der Waals surface area (Å²) < 4.78 is 0. The Balaban J connectivity index is 2.89. The summed E-state index contributed by atoms with van der Waals surface area (Å²) in [5, 5.41) is 28.4. The van der Waals surface area contributed by atoms with Crippen molar-refractivity contribution in [2.45, 2.75) is 12.1 Å². The summed E-state index contributed by atoms with van der Waals surface area (Å²) in [6.07, 6.45) is -1.39.